The number of aryl methyl sites for hydroxylation is 1. The predicted molar refractivity (Wildman–Crippen MR) is 117 cm³/mol. The summed E-state index contributed by atoms with van der Waals surface area (Å²) in [6.07, 6.45) is 3.34. The van der Waals surface area contributed by atoms with Gasteiger partial charge in [0.05, 0.1) is 19.6 Å². The van der Waals surface area contributed by atoms with Crippen molar-refractivity contribution in [1.82, 2.24) is 15.0 Å². The predicted octanol–water partition coefficient (Wildman–Crippen LogP) is 4.13. The number of anilines is 4. The summed E-state index contributed by atoms with van der Waals surface area (Å²) in [5, 5.41) is 7.62. The number of aromatic amines is 1. The molecule has 0 saturated heterocycles. The Balaban J connectivity index is 1.78. The number of benzene rings is 1. The Morgan fingerprint density at radius 1 is 0.933 bits per heavy atom. The van der Waals surface area contributed by atoms with Gasteiger partial charge >= 0.3 is 0 Å². The lowest BCUT2D eigenvalue weighted by Gasteiger charge is -2.14. The summed E-state index contributed by atoms with van der Waals surface area (Å²) in [5.41, 5.74) is 1.55. The zero-order valence-electron chi connectivity index (χ0n) is 16.8. The van der Waals surface area contributed by atoms with E-state index in [0.717, 1.165) is 10.9 Å². The molecule has 0 aliphatic carbocycles. The molecule has 3 heterocycles. The van der Waals surface area contributed by atoms with Crippen LogP contribution in [0.15, 0.2) is 59.7 Å². The van der Waals surface area contributed by atoms with Gasteiger partial charge in [0.1, 0.15) is 17.5 Å². The second kappa shape index (κ2) is 8.12. The summed E-state index contributed by atoms with van der Waals surface area (Å²) >= 11 is 0. The van der Waals surface area contributed by atoms with E-state index in [1.807, 2.05) is 37.3 Å². The first-order chi connectivity index (χ1) is 14.6. The number of nitrogens with one attached hydrogen (secondary N) is 3. The Kier molecular flexibility index (Phi) is 5.21. The third-order valence-electron chi connectivity index (χ3n) is 4.57. The number of ether oxygens (including phenoxy) is 2. The normalized spacial score (nSPS) is 10.6. The molecular weight excluding hydrogens is 382 g/mol. The van der Waals surface area contributed by atoms with Crippen LogP contribution in [-0.4, -0.2) is 29.2 Å². The highest BCUT2D eigenvalue weighted by Crippen LogP contribution is 2.32. The highest BCUT2D eigenvalue weighted by Gasteiger charge is 2.12. The molecule has 0 bridgehead atoms. The van der Waals surface area contributed by atoms with Crippen LogP contribution in [0.1, 0.15) is 5.56 Å². The Morgan fingerprint density at radius 3 is 2.53 bits per heavy atom. The van der Waals surface area contributed by atoms with Crippen molar-refractivity contribution in [2.45, 2.75) is 6.92 Å². The number of rotatable bonds is 6. The molecule has 4 rings (SSSR count). The van der Waals surface area contributed by atoms with Crippen molar-refractivity contribution in [3.8, 4) is 11.5 Å². The Hall–Kier alpha value is -4.07. The third kappa shape index (κ3) is 3.88. The van der Waals surface area contributed by atoms with E-state index in [1.54, 1.807) is 38.7 Å². The summed E-state index contributed by atoms with van der Waals surface area (Å²) in [7, 11) is 3.15. The molecule has 0 unspecified atom stereocenters. The first-order valence-electron chi connectivity index (χ1n) is 9.28. The number of pyridine rings is 3. The molecule has 0 fully saturated rings. The molecule has 3 aromatic heterocycles. The Morgan fingerprint density at radius 2 is 1.77 bits per heavy atom. The molecule has 1 aromatic carbocycles. The van der Waals surface area contributed by atoms with Crippen LogP contribution in [0, 0.1) is 6.92 Å². The van der Waals surface area contributed by atoms with Gasteiger partial charge in [-0.15, -0.1) is 0 Å². The number of H-pyrrole nitrogens is 1. The van der Waals surface area contributed by atoms with Crippen LogP contribution >= 0.6 is 0 Å². The van der Waals surface area contributed by atoms with Crippen LogP contribution in [0.4, 0.5) is 23.1 Å². The standard InChI is InChI=1S/C22H21N5O3/c1-13-6-8-23-18(10-13)26-19-11-14-7-9-24-22(28)20(14)21(27-19)25-15-4-5-16(29-2)17(12-15)30-3/h4-12H,1-3H3,(H,24,28)(H2,23,25,26,27). The molecular formula is C22H21N5O3. The minimum atomic E-state index is -0.233. The molecule has 30 heavy (non-hydrogen) atoms. The van der Waals surface area contributed by atoms with E-state index >= 15 is 0 Å². The van der Waals surface area contributed by atoms with E-state index in [9.17, 15) is 4.79 Å². The number of hydrogen-bond acceptors (Lipinski definition) is 7. The number of nitrogens with zero attached hydrogens (tertiary/aromatic N) is 2. The van der Waals surface area contributed by atoms with E-state index < -0.39 is 0 Å². The Bertz CT molecular complexity index is 1270. The topological polar surface area (TPSA) is 101 Å². The van der Waals surface area contributed by atoms with E-state index in [4.69, 9.17) is 9.47 Å². The first kappa shape index (κ1) is 19.3. The van der Waals surface area contributed by atoms with Crippen LogP contribution in [-0.2, 0) is 0 Å². The largest absolute Gasteiger partial charge is 0.493 e. The summed E-state index contributed by atoms with van der Waals surface area (Å²) in [6.45, 7) is 1.99. The van der Waals surface area contributed by atoms with Gasteiger partial charge in [-0.1, -0.05) is 0 Å². The van der Waals surface area contributed by atoms with Crippen LogP contribution < -0.4 is 25.7 Å². The lowest BCUT2D eigenvalue weighted by atomic mass is 10.2. The molecule has 4 aromatic rings. The number of aromatic nitrogens is 3. The highest BCUT2D eigenvalue weighted by molar-refractivity contribution is 5.94. The maximum atomic E-state index is 12.5. The van der Waals surface area contributed by atoms with Crippen molar-refractivity contribution in [1.29, 1.82) is 0 Å². The minimum absolute atomic E-state index is 0.233. The van der Waals surface area contributed by atoms with Gasteiger partial charge in [0.25, 0.3) is 5.56 Å². The maximum Gasteiger partial charge on any atom is 0.259 e. The summed E-state index contributed by atoms with van der Waals surface area (Å²) in [6, 6.07) is 12.9. The number of fused-ring (bicyclic) bond motifs is 1. The lowest BCUT2D eigenvalue weighted by molar-refractivity contribution is 0.355. The van der Waals surface area contributed by atoms with Crippen LogP contribution in [0.2, 0.25) is 0 Å². The summed E-state index contributed by atoms with van der Waals surface area (Å²) in [4.78, 5) is 24.2. The van der Waals surface area contributed by atoms with E-state index in [0.29, 0.717) is 40.0 Å². The highest BCUT2D eigenvalue weighted by atomic mass is 16.5. The first-order valence-corrected chi connectivity index (χ1v) is 9.28. The van der Waals surface area contributed by atoms with Gasteiger partial charge in [0, 0.05) is 24.1 Å². The van der Waals surface area contributed by atoms with Gasteiger partial charge in [0.15, 0.2) is 11.5 Å². The van der Waals surface area contributed by atoms with Crippen molar-refractivity contribution < 1.29 is 9.47 Å². The number of methoxy groups -OCH3 is 2. The monoisotopic (exact) mass is 403 g/mol. The molecule has 3 N–H and O–H groups in total. The molecule has 0 atom stereocenters. The van der Waals surface area contributed by atoms with Gasteiger partial charge < -0.3 is 25.1 Å². The fraction of sp³-hybridized carbons (Fsp3) is 0.136. The number of hydrogen-bond donors (Lipinski definition) is 3. The molecule has 8 heteroatoms. The fourth-order valence-electron chi connectivity index (χ4n) is 3.16. The second-order valence-corrected chi connectivity index (χ2v) is 6.67. The van der Waals surface area contributed by atoms with Gasteiger partial charge in [0.2, 0.25) is 0 Å². The SMILES string of the molecule is COc1ccc(Nc2nc(Nc3cc(C)ccn3)cc3cc[nH]c(=O)c23)cc1OC. The van der Waals surface area contributed by atoms with E-state index in [2.05, 4.69) is 25.6 Å². The molecule has 0 amide bonds. The fourth-order valence-corrected chi connectivity index (χ4v) is 3.16. The summed E-state index contributed by atoms with van der Waals surface area (Å²) < 4.78 is 10.7. The van der Waals surface area contributed by atoms with Crippen molar-refractivity contribution >= 4 is 33.9 Å². The van der Waals surface area contributed by atoms with Crippen LogP contribution in [0.5, 0.6) is 11.5 Å². The molecule has 0 aliphatic heterocycles. The second-order valence-electron chi connectivity index (χ2n) is 6.67. The van der Waals surface area contributed by atoms with Crippen molar-refractivity contribution in [3.63, 3.8) is 0 Å². The minimum Gasteiger partial charge on any atom is -0.493 e. The molecule has 0 spiro atoms. The van der Waals surface area contributed by atoms with Gasteiger partial charge in [-0.05, 0) is 54.3 Å². The van der Waals surface area contributed by atoms with Crippen molar-refractivity contribution in [2.75, 3.05) is 24.9 Å². The average molecular weight is 403 g/mol. The van der Waals surface area contributed by atoms with Gasteiger partial charge in [-0.25, -0.2) is 9.97 Å². The zero-order valence-corrected chi connectivity index (χ0v) is 16.8. The third-order valence-corrected chi connectivity index (χ3v) is 4.57. The molecule has 0 aliphatic rings. The van der Waals surface area contributed by atoms with E-state index in [1.165, 1.54) is 0 Å². The lowest BCUT2D eigenvalue weighted by Crippen LogP contribution is -2.10. The van der Waals surface area contributed by atoms with Crippen molar-refractivity contribution in [3.05, 3.63) is 70.8 Å². The molecule has 0 saturated carbocycles. The molecule has 0 radical (unpaired) electrons. The van der Waals surface area contributed by atoms with Gasteiger partial charge in [-0.2, -0.15) is 0 Å². The molecule has 8 nitrogen and oxygen atoms in total. The van der Waals surface area contributed by atoms with Gasteiger partial charge in [-0.3, -0.25) is 4.79 Å². The zero-order chi connectivity index (χ0) is 21.1. The molecule has 152 valence electrons. The average Bonchev–Trinajstić information content (AvgIpc) is 2.73. The maximum absolute atomic E-state index is 12.5. The quantitative estimate of drug-likeness (QED) is 0.445. The van der Waals surface area contributed by atoms with Crippen LogP contribution in [0.3, 0.4) is 0 Å². The van der Waals surface area contributed by atoms with Crippen LogP contribution in [0.25, 0.3) is 10.8 Å². The summed E-state index contributed by atoms with van der Waals surface area (Å²) in [5.74, 6) is 2.83. The Labute approximate surface area is 172 Å². The smallest absolute Gasteiger partial charge is 0.259 e. The van der Waals surface area contributed by atoms with Crippen molar-refractivity contribution in [2.24, 2.45) is 0 Å². The van der Waals surface area contributed by atoms with E-state index in [-0.39, 0.29) is 5.56 Å².